The van der Waals surface area contributed by atoms with Gasteiger partial charge in [0, 0.05) is 17.5 Å². The fourth-order valence-electron chi connectivity index (χ4n) is 3.26. The smallest absolute Gasteiger partial charge is 0.329 e. The predicted molar refractivity (Wildman–Crippen MR) is 116 cm³/mol. The van der Waals surface area contributed by atoms with E-state index in [1.807, 2.05) is 41.1 Å². The number of thiazole rings is 1. The standard InChI is InChI=1S/C21H19N3O4S2/c25-18(23-21-22-15(13-30-21)14-6-2-1-3-7-14)12-28-20(27)16-8-4-10-24(16)19(26)17-9-5-11-29-17/h1-3,5-7,9,11,13,16H,4,8,10,12H2,(H,22,23,25)/t16-/m0/s1. The van der Waals surface area contributed by atoms with Crippen LogP contribution in [0.5, 0.6) is 0 Å². The van der Waals surface area contributed by atoms with Gasteiger partial charge in [0.25, 0.3) is 11.8 Å². The van der Waals surface area contributed by atoms with E-state index in [-0.39, 0.29) is 5.91 Å². The van der Waals surface area contributed by atoms with Gasteiger partial charge in [-0.3, -0.25) is 14.9 Å². The molecule has 30 heavy (non-hydrogen) atoms. The summed E-state index contributed by atoms with van der Waals surface area (Å²) in [5, 5.41) is 6.76. The summed E-state index contributed by atoms with van der Waals surface area (Å²) in [7, 11) is 0. The van der Waals surface area contributed by atoms with E-state index in [1.165, 1.54) is 27.6 Å². The number of benzene rings is 1. The first-order valence-corrected chi connectivity index (χ1v) is 11.2. The fraction of sp³-hybridized carbons (Fsp3) is 0.238. The number of hydrogen-bond donors (Lipinski definition) is 1. The van der Waals surface area contributed by atoms with Gasteiger partial charge >= 0.3 is 5.97 Å². The van der Waals surface area contributed by atoms with Crippen molar-refractivity contribution in [3.05, 3.63) is 58.1 Å². The Morgan fingerprint density at radius 2 is 1.97 bits per heavy atom. The third-order valence-electron chi connectivity index (χ3n) is 4.68. The highest BCUT2D eigenvalue weighted by Gasteiger charge is 2.36. The van der Waals surface area contributed by atoms with Gasteiger partial charge in [0.1, 0.15) is 6.04 Å². The molecule has 1 saturated heterocycles. The molecule has 1 aliphatic rings. The molecule has 1 N–H and O–H groups in total. The summed E-state index contributed by atoms with van der Waals surface area (Å²) in [6.07, 6.45) is 1.26. The number of ether oxygens (including phenoxy) is 1. The molecule has 0 bridgehead atoms. The lowest BCUT2D eigenvalue weighted by molar-refractivity contribution is -0.151. The molecule has 0 spiro atoms. The molecule has 3 aromatic rings. The number of thiophene rings is 1. The predicted octanol–water partition coefficient (Wildman–Crippen LogP) is 3.66. The lowest BCUT2D eigenvalue weighted by Crippen LogP contribution is -2.41. The van der Waals surface area contributed by atoms with Crippen LogP contribution in [0.4, 0.5) is 5.13 Å². The molecule has 4 rings (SSSR count). The number of anilines is 1. The van der Waals surface area contributed by atoms with E-state index in [4.69, 9.17) is 4.74 Å². The zero-order valence-electron chi connectivity index (χ0n) is 15.9. The van der Waals surface area contributed by atoms with Crippen LogP contribution in [0.2, 0.25) is 0 Å². The van der Waals surface area contributed by atoms with Crippen molar-refractivity contribution in [2.45, 2.75) is 18.9 Å². The first-order chi connectivity index (χ1) is 14.6. The van der Waals surface area contributed by atoms with Gasteiger partial charge < -0.3 is 9.64 Å². The summed E-state index contributed by atoms with van der Waals surface area (Å²) < 4.78 is 5.18. The van der Waals surface area contributed by atoms with Crippen LogP contribution in [0.25, 0.3) is 11.3 Å². The van der Waals surface area contributed by atoms with Crippen molar-refractivity contribution in [2.75, 3.05) is 18.5 Å². The SMILES string of the molecule is O=C(COC(=O)[C@@H]1CCCN1C(=O)c1cccs1)Nc1nc(-c2ccccc2)cs1. The molecule has 0 unspecified atom stereocenters. The Labute approximate surface area is 181 Å². The molecule has 0 aliphatic carbocycles. The first kappa shape index (κ1) is 20.2. The van der Waals surface area contributed by atoms with E-state index in [2.05, 4.69) is 10.3 Å². The number of nitrogens with one attached hydrogen (secondary N) is 1. The number of rotatable bonds is 6. The normalized spacial score (nSPS) is 15.7. The number of esters is 1. The van der Waals surface area contributed by atoms with Crippen LogP contribution in [-0.2, 0) is 14.3 Å². The highest BCUT2D eigenvalue weighted by atomic mass is 32.1. The molecule has 1 aliphatic heterocycles. The number of carbonyl (C=O) groups excluding carboxylic acids is 3. The third kappa shape index (κ3) is 4.58. The molecule has 1 atom stereocenters. The van der Waals surface area contributed by atoms with E-state index in [1.54, 1.807) is 12.1 Å². The van der Waals surface area contributed by atoms with Crippen LogP contribution in [0, 0.1) is 0 Å². The average Bonchev–Trinajstić information content (AvgIpc) is 3.54. The second-order valence-corrected chi connectivity index (χ2v) is 8.50. The second-order valence-electron chi connectivity index (χ2n) is 6.69. The molecule has 2 aromatic heterocycles. The van der Waals surface area contributed by atoms with Crippen molar-refractivity contribution in [3.63, 3.8) is 0 Å². The van der Waals surface area contributed by atoms with Crippen LogP contribution in [0.15, 0.2) is 53.2 Å². The number of carbonyl (C=O) groups is 3. The van der Waals surface area contributed by atoms with Crippen LogP contribution in [0.3, 0.4) is 0 Å². The van der Waals surface area contributed by atoms with Crippen molar-refractivity contribution in [1.82, 2.24) is 9.88 Å². The summed E-state index contributed by atoms with van der Waals surface area (Å²) in [5.41, 5.74) is 1.72. The van der Waals surface area contributed by atoms with Gasteiger partial charge in [-0.25, -0.2) is 9.78 Å². The summed E-state index contributed by atoms with van der Waals surface area (Å²) in [4.78, 5) is 43.7. The van der Waals surface area contributed by atoms with Crippen LogP contribution >= 0.6 is 22.7 Å². The first-order valence-electron chi connectivity index (χ1n) is 9.44. The lowest BCUT2D eigenvalue weighted by atomic mass is 10.2. The number of amides is 2. The second kappa shape index (κ2) is 9.19. The zero-order chi connectivity index (χ0) is 20.9. The maximum absolute atomic E-state index is 12.6. The van der Waals surface area contributed by atoms with E-state index in [9.17, 15) is 14.4 Å². The summed E-state index contributed by atoms with van der Waals surface area (Å²) in [5.74, 6) is -1.20. The Hall–Kier alpha value is -3.04. The number of hydrogen-bond acceptors (Lipinski definition) is 7. The summed E-state index contributed by atoms with van der Waals surface area (Å²) in [6, 6.07) is 12.5. The van der Waals surface area contributed by atoms with Crippen LogP contribution < -0.4 is 5.32 Å². The van der Waals surface area contributed by atoms with Crippen molar-refractivity contribution >= 4 is 45.6 Å². The molecule has 3 heterocycles. The van der Waals surface area contributed by atoms with Crippen molar-refractivity contribution in [2.24, 2.45) is 0 Å². The molecule has 1 aromatic carbocycles. The van der Waals surface area contributed by atoms with E-state index >= 15 is 0 Å². The minimum Gasteiger partial charge on any atom is -0.454 e. The molecule has 9 heteroatoms. The fourth-order valence-corrected chi connectivity index (χ4v) is 4.67. The molecular formula is C21H19N3O4S2. The highest BCUT2D eigenvalue weighted by molar-refractivity contribution is 7.14. The third-order valence-corrected chi connectivity index (χ3v) is 6.30. The summed E-state index contributed by atoms with van der Waals surface area (Å²) in [6.45, 7) is 0.0840. The van der Waals surface area contributed by atoms with E-state index < -0.39 is 24.5 Å². The molecule has 1 fully saturated rings. The monoisotopic (exact) mass is 441 g/mol. The number of aromatic nitrogens is 1. The number of likely N-dealkylation sites (tertiary alicyclic amines) is 1. The zero-order valence-corrected chi connectivity index (χ0v) is 17.6. The number of nitrogens with zero attached hydrogens (tertiary/aromatic N) is 2. The molecule has 0 radical (unpaired) electrons. The minimum absolute atomic E-state index is 0.176. The van der Waals surface area contributed by atoms with Gasteiger partial charge in [-0.05, 0) is 24.3 Å². The average molecular weight is 442 g/mol. The Morgan fingerprint density at radius 3 is 2.73 bits per heavy atom. The topological polar surface area (TPSA) is 88.6 Å². The van der Waals surface area contributed by atoms with Crippen LogP contribution in [0.1, 0.15) is 22.5 Å². The quantitative estimate of drug-likeness (QED) is 0.590. The Morgan fingerprint density at radius 1 is 1.13 bits per heavy atom. The molecule has 154 valence electrons. The molecule has 7 nitrogen and oxygen atoms in total. The van der Waals surface area contributed by atoms with Gasteiger partial charge in [0.2, 0.25) is 0 Å². The van der Waals surface area contributed by atoms with Gasteiger partial charge in [-0.2, -0.15) is 0 Å². The van der Waals surface area contributed by atoms with Gasteiger partial charge in [0.15, 0.2) is 11.7 Å². The van der Waals surface area contributed by atoms with E-state index in [0.29, 0.717) is 23.0 Å². The van der Waals surface area contributed by atoms with E-state index in [0.717, 1.165) is 17.7 Å². The van der Waals surface area contributed by atoms with Crippen molar-refractivity contribution in [3.8, 4) is 11.3 Å². The Bertz CT molecular complexity index is 1030. The van der Waals surface area contributed by atoms with Crippen LogP contribution in [-0.4, -0.2) is 46.9 Å². The highest BCUT2D eigenvalue weighted by Crippen LogP contribution is 2.25. The van der Waals surface area contributed by atoms with Crippen molar-refractivity contribution in [1.29, 1.82) is 0 Å². The maximum Gasteiger partial charge on any atom is 0.329 e. The molecular weight excluding hydrogens is 422 g/mol. The van der Waals surface area contributed by atoms with Gasteiger partial charge in [-0.15, -0.1) is 22.7 Å². The van der Waals surface area contributed by atoms with Gasteiger partial charge in [0.05, 0.1) is 10.6 Å². The molecule has 2 amide bonds. The molecule has 0 saturated carbocycles. The maximum atomic E-state index is 12.6. The summed E-state index contributed by atoms with van der Waals surface area (Å²) >= 11 is 2.64. The Balaban J connectivity index is 1.30. The largest absolute Gasteiger partial charge is 0.454 e. The van der Waals surface area contributed by atoms with Crippen molar-refractivity contribution < 1.29 is 19.1 Å². The lowest BCUT2D eigenvalue weighted by Gasteiger charge is -2.22. The Kier molecular flexibility index (Phi) is 6.20. The van der Waals surface area contributed by atoms with Gasteiger partial charge in [-0.1, -0.05) is 36.4 Å². The minimum atomic E-state index is -0.656.